The summed E-state index contributed by atoms with van der Waals surface area (Å²) in [6.07, 6.45) is 4.27. The normalized spacial score (nSPS) is 11.2. The number of aryl methyl sites for hydroxylation is 1. The summed E-state index contributed by atoms with van der Waals surface area (Å²) in [7, 11) is 0. The highest BCUT2D eigenvalue weighted by Crippen LogP contribution is 2.16. The van der Waals surface area contributed by atoms with Crippen molar-refractivity contribution in [1.29, 1.82) is 0 Å². The van der Waals surface area contributed by atoms with Crippen LogP contribution in [-0.4, -0.2) is 13.1 Å². The number of rotatable bonds is 5. The Labute approximate surface area is 95.2 Å². The molecule has 0 aliphatic heterocycles. The monoisotopic (exact) mass is 225 g/mol. The van der Waals surface area contributed by atoms with Crippen LogP contribution in [0.25, 0.3) is 6.08 Å². The summed E-state index contributed by atoms with van der Waals surface area (Å²) in [5.74, 6) is -1.52. The van der Waals surface area contributed by atoms with Crippen LogP contribution in [0.3, 0.4) is 0 Å². The van der Waals surface area contributed by atoms with Gasteiger partial charge in [-0.15, -0.1) is 0 Å². The zero-order chi connectivity index (χ0) is 12.0. The highest BCUT2D eigenvalue weighted by Gasteiger charge is 2.07. The largest absolute Gasteiger partial charge is 0.317 e. The predicted molar refractivity (Wildman–Crippen MR) is 63.3 cm³/mol. The van der Waals surface area contributed by atoms with Gasteiger partial charge >= 0.3 is 0 Å². The molecule has 0 radical (unpaired) electrons. The van der Waals surface area contributed by atoms with Gasteiger partial charge in [-0.1, -0.05) is 31.2 Å². The Morgan fingerprint density at radius 1 is 1.25 bits per heavy atom. The molecule has 0 aliphatic rings. The van der Waals surface area contributed by atoms with E-state index < -0.39 is 11.6 Å². The van der Waals surface area contributed by atoms with Gasteiger partial charge in [-0.05, 0) is 32.0 Å². The maximum absolute atomic E-state index is 13.4. The highest BCUT2D eigenvalue weighted by atomic mass is 19.2. The molecule has 0 fully saturated rings. The third kappa shape index (κ3) is 3.42. The van der Waals surface area contributed by atoms with Crippen molar-refractivity contribution in [3.63, 3.8) is 0 Å². The minimum absolute atomic E-state index is 0.305. The zero-order valence-corrected chi connectivity index (χ0v) is 9.69. The molecule has 0 saturated carbocycles. The fourth-order valence-corrected chi connectivity index (χ4v) is 1.36. The van der Waals surface area contributed by atoms with Crippen LogP contribution in [-0.2, 0) is 0 Å². The second kappa shape index (κ2) is 6.38. The minimum atomic E-state index is -0.764. The fourth-order valence-electron chi connectivity index (χ4n) is 1.36. The van der Waals surface area contributed by atoms with Gasteiger partial charge in [0.05, 0.1) is 0 Å². The van der Waals surface area contributed by atoms with Crippen molar-refractivity contribution in [2.24, 2.45) is 0 Å². The van der Waals surface area contributed by atoms with Crippen LogP contribution in [0.1, 0.15) is 24.5 Å². The minimum Gasteiger partial charge on any atom is -0.317 e. The molecule has 0 spiro atoms. The summed E-state index contributed by atoms with van der Waals surface area (Å²) in [5.41, 5.74) is 0.641. The Morgan fingerprint density at radius 3 is 2.69 bits per heavy atom. The van der Waals surface area contributed by atoms with Crippen LogP contribution in [0.15, 0.2) is 18.2 Å². The van der Waals surface area contributed by atoms with E-state index >= 15 is 0 Å². The molecule has 1 aromatic carbocycles. The van der Waals surface area contributed by atoms with Gasteiger partial charge < -0.3 is 5.32 Å². The fraction of sp³-hybridized carbons (Fsp3) is 0.385. The molecule has 1 rings (SSSR count). The second-order valence-corrected chi connectivity index (χ2v) is 3.64. The van der Waals surface area contributed by atoms with Crippen molar-refractivity contribution in [3.8, 4) is 0 Å². The van der Waals surface area contributed by atoms with E-state index in [1.807, 2.05) is 13.0 Å². The molecule has 0 bridgehead atoms. The Bertz CT molecular complexity index is 372. The Kier molecular flexibility index (Phi) is 5.12. The van der Waals surface area contributed by atoms with E-state index in [1.54, 1.807) is 25.1 Å². The Morgan fingerprint density at radius 2 is 2.00 bits per heavy atom. The van der Waals surface area contributed by atoms with Crippen LogP contribution in [0.4, 0.5) is 8.78 Å². The average Bonchev–Trinajstić information content (AvgIpc) is 2.28. The van der Waals surface area contributed by atoms with Crippen molar-refractivity contribution in [3.05, 3.63) is 41.0 Å². The van der Waals surface area contributed by atoms with Crippen LogP contribution in [0.5, 0.6) is 0 Å². The van der Waals surface area contributed by atoms with E-state index in [1.165, 1.54) is 0 Å². The maximum Gasteiger partial charge on any atom is 0.166 e. The van der Waals surface area contributed by atoms with Gasteiger partial charge in [0.15, 0.2) is 11.6 Å². The lowest BCUT2D eigenvalue weighted by Gasteiger charge is -2.01. The molecule has 0 unspecified atom stereocenters. The molecule has 16 heavy (non-hydrogen) atoms. The van der Waals surface area contributed by atoms with Crippen LogP contribution in [0.2, 0.25) is 0 Å². The molecule has 3 heteroatoms. The summed E-state index contributed by atoms with van der Waals surface area (Å²) < 4.78 is 26.6. The lowest BCUT2D eigenvalue weighted by Crippen LogP contribution is -2.12. The summed E-state index contributed by atoms with van der Waals surface area (Å²) >= 11 is 0. The van der Waals surface area contributed by atoms with Gasteiger partial charge in [-0.2, -0.15) is 0 Å². The summed E-state index contributed by atoms with van der Waals surface area (Å²) in [5, 5.41) is 3.15. The Hall–Kier alpha value is -1.22. The summed E-state index contributed by atoms with van der Waals surface area (Å²) in [6, 6.07) is 3.18. The number of hydrogen-bond acceptors (Lipinski definition) is 1. The summed E-state index contributed by atoms with van der Waals surface area (Å²) in [4.78, 5) is 0. The quantitative estimate of drug-likeness (QED) is 0.758. The van der Waals surface area contributed by atoms with E-state index in [2.05, 4.69) is 5.32 Å². The molecule has 0 heterocycles. The number of benzene rings is 1. The molecule has 0 aromatic heterocycles. The predicted octanol–water partition coefficient (Wildman–Crippen LogP) is 3.29. The van der Waals surface area contributed by atoms with Crippen molar-refractivity contribution in [1.82, 2.24) is 5.32 Å². The first-order valence-corrected chi connectivity index (χ1v) is 5.48. The van der Waals surface area contributed by atoms with Gasteiger partial charge in [0, 0.05) is 5.56 Å². The molecule has 88 valence electrons. The smallest absolute Gasteiger partial charge is 0.166 e. The first-order chi connectivity index (χ1) is 7.66. The molecular formula is C13H17F2N. The van der Waals surface area contributed by atoms with Crippen LogP contribution >= 0.6 is 0 Å². The van der Waals surface area contributed by atoms with E-state index in [4.69, 9.17) is 0 Å². The molecule has 1 nitrogen and oxygen atoms in total. The SMILES string of the molecule is CCNCC/C=C/c1ccc(C)c(F)c1F. The maximum atomic E-state index is 13.4. The van der Waals surface area contributed by atoms with Gasteiger partial charge in [-0.3, -0.25) is 0 Å². The van der Waals surface area contributed by atoms with Crippen molar-refractivity contribution >= 4 is 6.08 Å². The number of halogens is 2. The second-order valence-electron chi connectivity index (χ2n) is 3.64. The van der Waals surface area contributed by atoms with E-state index in [0.717, 1.165) is 19.5 Å². The van der Waals surface area contributed by atoms with Crippen molar-refractivity contribution < 1.29 is 8.78 Å². The zero-order valence-electron chi connectivity index (χ0n) is 9.69. The first kappa shape index (κ1) is 12.8. The molecule has 0 aliphatic carbocycles. The van der Waals surface area contributed by atoms with Crippen molar-refractivity contribution in [2.75, 3.05) is 13.1 Å². The molecular weight excluding hydrogens is 208 g/mol. The van der Waals surface area contributed by atoms with E-state index in [-0.39, 0.29) is 0 Å². The topological polar surface area (TPSA) is 12.0 Å². The van der Waals surface area contributed by atoms with E-state index in [0.29, 0.717) is 11.1 Å². The molecule has 1 N–H and O–H groups in total. The third-order valence-electron chi connectivity index (χ3n) is 2.34. The van der Waals surface area contributed by atoms with Crippen LogP contribution in [0, 0.1) is 18.6 Å². The van der Waals surface area contributed by atoms with E-state index in [9.17, 15) is 8.78 Å². The van der Waals surface area contributed by atoms with Gasteiger partial charge in [0.2, 0.25) is 0 Å². The molecule has 0 saturated heterocycles. The molecule has 0 amide bonds. The van der Waals surface area contributed by atoms with Gasteiger partial charge in [-0.25, -0.2) is 8.78 Å². The van der Waals surface area contributed by atoms with Crippen LogP contribution < -0.4 is 5.32 Å². The number of hydrogen-bond donors (Lipinski definition) is 1. The molecule has 1 aromatic rings. The number of nitrogens with one attached hydrogen (secondary N) is 1. The van der Waals surface area contributed by atoms with Gasteiger partial charge in [0.25, 0.3) is 0 Å². The molecule has 0 atom stereocenters. The van der Waals surface area contributed by atoms with Gasteiger partial charge in [0.1, 0.15) is 0 Å². The third-order valence-corrected chi connectivity index (χ3v) is 2.34. The van der Waals surface area contributed by atoms with Crippen molar-refractivity contribution in [2.45, 2.75) is 20.3 Å². The standard InChI is InChI=1S/C13H17F2N/c1-3-16-9-5-4-6-11-8-7-10(2)12(14)13(11)15/h4,6-8,16H,3,5,9H2,1-2H3/b6-4+. The lowest BCUT2D eigenvalue weighted by molar-refractivity contribution is 0.501. The first-order valence-electron chi connectivity index (χ1n) is 5.48. The lowest BCUT2D eigenvalue weighted by atomic mass is 10.1. The Balaban J connectivity index is 2.64. The highest BCUT2D eigenvalue weighted by molar-refractivity contribution is 5.50. The average molecular weight is 225 g/mol. The summed E-state index contributed by atoms with van der Waals surface area (Å²) in [6.45, 7) is 5.35.